The maximum atomic E-state index is 11.7. The third kappa shape index (κ3) is 5.62. The minimum Gasteiger partial charge on any atom is -0.469 e. The second-order valence-corrected chi connectivity index (χ2v) is 5.68. The van der Waals surface area contributed by atoms with Crippen LogP contribution in [0.4, 0.5) is 0 Å². The van der Waals surface area contributed by atoms with Crippen molar-refractivity contribution in [1.29, 1.82) is 0 Å². The number of sulfonamides is 1. The van der Waals surface area contributed by atoms with Crippen molar-refractivity contribution < 1.29 is 22.7 Å². The fourth-order valence-corrected chi connectivity index (χ4v) is 2.22. The van der Waals surface area contributed by atoms with Gasteiger partial charge in [0.25, 0.3) is 0 Å². The predicted molar refractivity (Wildman–Crippen MR) is 69.2 cm³/mol. The minimum absolute atomic E-state index is 0.245. The summed E-state index contributed by atoms with van der Waals surface area (Å²) in [5.74, 6) is -1.34. The van der Waals surface area contributed by atoms with E-state index in [1.165, 1.54) is 7.11 Å². The monoisotopic (exact) mass is 285 g/mol. The van der Waals surface area contributed by atoms with Crippen LogP contribution in [0.5, 0.6) is 0 Å². The van der Waals surface area contributed by atoms with Gasteiger partial charge in [-0.2, -0.15) is 0 Å². The van der Waals surface area contributed by atoms with Crippen LogP contribution >= 0.6 is 0 Å². The Morgan fingerprint density at radius 1 is 1.21 bits per heavy atom. The highest BCUT2D eigenvalue weighted by molar-refractivity contribution is 7.89. The lowest BCUT2D eigenvalue weighted by molar-refractivity contribution is -0.140. The lowest BCUT2D eigenvalue weighted by Crippen LogP contribution is -2.32. The number of benzene rings is 1. The zero-order valence-corrected chi connectivity index (χ0v) is 11.3. The molecule has 0 saturated carbocycles. The second kappa shape index (κ2) is 7.01. The zero-order valence-electron chi connectivity index (χ0n) is 10.5. The van der Waals surface area contributed by atoms with Crippen LogP contribution in [-0.4, -0.2) is 39.6 Å². The molecule has 104 valence electrons. The molecule has 0 radical (unpaired) electrons. The Morgan fingerprint density at radius 2 is 1.84 bits per heavy atom. The van der Waals surface area contributed by atoms with E-state index >= 15 is 0 Å². The van der Waals surface area contributed by atoms with Gasteiger partial charge in [0.2, 0.25) is 10.0 Å². The van der Waals surface area contributed by atoms with Crippen molar-refractivity contribution in [2.45, 2.75) is 6.42 Å². The summed E-state index contributed by atoms with van der Waals surface area (Å²) >= 11 is 0. The highest BCUT2D eigenvalue weighted by Gasteiger charge is 2.15. The molecule has 1 N–H and O–H groups in total. The van der Waals surface area contributed by atoms with E-state index in [1.54, 1.807) is 30.3 Å². The van der Waals surface area contributed by atoms with E-state index in [9.17, 15) is 18.0 Å². The number of ketones is 1. The summed E-state index contributed by atoms with van der Waals surface area (Å²) in [5.41, 5.74) is 0.429. The molecule has 0 saturated heterocycles. The number of Topliss-reactive ketones (excluding diaryl/α,β-unsaturated/α-hetero) is 1. The molecule has 19 heavy (non-hydrogen) atoms. The summed E-state index contributed by atoms with van der Waals surface area (Å²) in [6, 6.07) is 8.35. The van der Waals surface area contributed by atoms with E-state index in [2.05, 4.69) is 9.46 Å². The molecule has 0 fully saturated rings. The van der Waals surface area contributed by atoms with Crippen molar-refractivity contribution in [3.05, 3.63) is 35.9 Å². The molecule has 0 heterocycles. The van der Waals surface area contributed by atoms with Crippen molar-refractivity contribution in [1.82, 2.24) is 4.72 Å². The SMILES string of the molecule is COC(=O)CCS(=O)(=O)NCC(=O)c1ccccc1. The van der Waals surface area contributed by atoms with Crippen molar-refractivity contribution >= 4 is 21.8 Å². The first-order valence-corrected chi connectivity index (χ1v) is 7.22. The normalized spacial score (nSPS) is 11.0. The summed E-state index contributed by atoms with van der Waals surface area (Å²) < 4.78 is 29.5. The molecule has 1 aromatic rings. The molecule has 0 amide bonds. The number of methoxy groups -OCH3 is 1. The first-order chi connectivity index (χ1) is 8.94. The Bertz CT molecular complexity index is 538. The van der Waals surface area contributed by atoms with E-state index < -0.39 is 21.7 Å². The van der Waals surface area contributed by atoms with Gasteiger partial charge in [0, 0.05) is 5.56 Å². The molecule has 1 rings (SSSR count). The van der Waals surface area contributed by atoms with E-state index in [4.69, 9.17) is 0 Å². The Morgan fingerprint density at radius 3 is 2.42 bits per heavy atom. The third-order valence-electron chi connectivity index (χ3n) is 2.35. The lowest BCUT2D eigenvalue weighted by Gasteiger charge is -2.05. The average molecular weight is 285 g/mol. The molecule has 0 bridgehead atoms. The molecule has 7 heteroatoms. The number of carbonyl (C=O) groups excluding carboxylic acids is 2. The van der Waals surface area contributed by atoms with Crippen LogP contribution in [-0.2, 0) is 19.6 Å². The largest absolute Gasteiger partial charge is 0.469 e. The standard InChI is InChI=1S/C12H15NO5S/c1-18-12(15)7-8-19(16,17)13-9-11(14)10-5-3-2-4-6-10/h2-6,13H,7-9H2,1H3. The number of esters is 1. The van der Waals surface area contributed by atoms with Gasteiger partial charge in [-0.25, -0.2) is 13.1 Å². The number of ether oxygens (including phenoxy) is 1. The van der Waals surface area contributed by atoms with Gasteiger partial charge in [0.15, 0.2) is 5.78 Å². The summed E-state index contributed by atoms with van der Waals surface area (Å²) in [4.78, 5) is 22.5. The van der Waals surface area contributed by atoms with Crippen LogP contribution in [0.25, 0.3) is 0 Å². The molecular formula is C12H15NO5S. The predicted octanol–water partition coefficient (Wildman–Crippen LogP) is 0.352. The summed E-state index contributed by atoms with van der Waals surface area (Å²) in [6.07, 6.45) is -0.245. The molecular weight excluding hydrogens is 270 g/mol. The van der Waals surface area contributed by atoms with Gasteiger partial charge in [0.05, 0.1) is 25.8 Å². The number of carbonyl (C=O) groups is 2. The number of nitrogens with one attached hydrogen (secondary N) is 1. The molecule has 0 aliphatic rings. The van der Waals surface area contributed by atoms with Gasteiger partial charge in [-0.05, 0) is 0 Å². The fourth-order valence-electron chi connectivity index (χ4n) is 1.29. The minimum atomic E-state index is -3.66. The Labute approximate surface area is 111 Å². The number of rotatable bonds is 7. The highest BCUT2D eigenvalue weighted by Crippen LogP contribution is 2.00. The molecule has 6 nitrogen and oxygen atoms in total. The smallest absolute Gasteiger partial charge is 0.306 e. The van der Waals surface area contributed by atoms with Gasteiger partial charge in [0.1, 0.15) is 0 Å². The topological polar surface area (TPSA) is 89.5 Å². The van der Waals surface area contributed by atoms with E-state index in [1.807, 2.05) is 0 Å². The molecule has 0 atom stereocenters. The van der Waals surface area contributed by atoms with Crippen LogP contribution in [0.3, 0.4) is 0 Å². The highest BCUT2D eigenvalue weighted by atomic mass is 32.2. The van der Waals surface area contributed by atoms with Crippen LogP contribution in [0.15, 0.2) is 30.3 Å². The summed E-state index contributed by atoms with van der Waals surface area (Å²) in [7, 11) is -2.48. The van der Waals surface area contributed by atoms with Crippen molar-refractivity contribution in [2.24, 2.45) is 0 Å². The summed E-state index contributed by atoms with van der Waals surface area (Å²) in [6.45, 7) is -0.326. The molecule has 0 aliphatic carbocycles. The van der Waals surface area contributed by atoms with E-state index in [0.29, 0.717) is 5.56 Å². The van der Waals surface area contributed by atoms with Gasteiger partial charge in [-0.1, -0.05) is 30.3 Å². The Kier molecular flexibility index (Phi) is 5.65. The average Bonchev–Trinajstić information content (AvgIpc) is 2.43. The number of hydrogen-bond donors (Lipinski definition) is 1. The van der Waals surface area contributed by atoms with Crippen LogP contribution < -0.4 is 4.72 Å². The molecule has 0 unspecified atom stereocenters. The quantitative estimate of drug-likeness (QED) is 0.577. The molecule has 0 aromatic heterocycles. The van der Waals surface area contributed by atoms with Crippen LogP contribution in [0.2, 0.25) is 0 Å². The second-order valence-electron chi connectivity index (χ2n) is 3.76. The molecule has 0 spiro atoms. The van der Waals surface area contributed by atoms with Crippen molar-refractivity contribution in [3.8, 4) is 0 Å². The Hall–Kier alpha value is -1.73. The first-order valence-electron chi connectivity index (χ1n) is 5.57. The summed E-state index contributed by atoms with van der Waals surface area (Å²) in [5, 5.41) is 0. The zero-order chi connectivity index (χ0) is 14.3. The first kappa shape index (κ1) is 15.3. The molecule has 1 aromatic carbocycles. The van der Waals surface area contributed by atoms with Gasteiger partial charge >= 0.3 is 5.97 Å². The van der Waals surface area contributed by atoms with Gasteiger partial charge in [-0.15, -0.1) is 0 Å². The Balaban J connectivity index is 2.47. The van der Waals surface area contributed by atoms with Crippen LogP contribution in [0, 0.1) is 0 Å². The number of hydrogen-bond acceptors (Lipinski definition) is 5. The maximum Gasteiger partial charge on any atom is 0.306 e. The van der Waals surface area contributed by atoms with E-state index in [-0.39, 0.29) is 18.7 Å². The maximum absolute atomic E-state index is 11.7. The third-order valence-corrected chi connectivity index (χ3v) is 3.68. The van der Waals surface area contributed by atoms with E-state index in [0.717, 1.165) is 0 Å². The lowest BCUT2D eigenvalue weighted by atomic mass is 10.1. The van der Waals surface area contributed by atoms with Crippen molar-refractivity contribution in [3.63, 3.8) is 0 Å². The fraction of sp³-hybridized carbons (Fsp3) is 0.333. The van der Waals surface area contributed by atoms with Crippen molar-refractivity contribution in [2.75, 3.05) is 19.4 Å². The van der Waals surface area contributed by atoms with Gasteiger partial charge < -0.3 is 4.74 Å². The molecule has 0 aliphatic heterocycles. The van der Waals surface area contributed by atoms with Gasteiger partial charge in [-0.3, -0.25) is 9.59 Å². The van der Waals surface area contributed by atoms with Crippen LogP contribution in [0.1, 0.15) is 16.8 Å².